The van der Waals surface area contributed by atoms with Crippen LogP contribution in [0.4, 0.5) is 11.4 Å². The molecular formula is C37H39N3O5. The van der Waals surface area contributed by atoms with Crippen molar-refractivity contribution in [2.45, 2.75) is 50.5 Å². The molecule has 1 spiro atoms. The van der Waals surface area contributed by atoms with E-state index in [0.29, 0.717) is 18.7 Å². The van der Waals surface area contributed by atoms with Gasteiger partial charge in [0, 0.05) is 24.5 Å². The fourth-order valence-electron chi connectivity index (χ4n) is 8.05. The lowest BCUT2D eigenvalue weighted by Gasteiger charge is -2.41. The lowest BCUT2D eigenvalue weighted by atomic mass is 9.74. The molecule has 8 heteroatoms. The van der Waals surface area contributed by atoms with E-state index in [1.165, 1.54) is 0 Å². The van der Waals surface area contributed by atoms with Crippen LogP contribution in [0, 0.1) is 17.8 Å². The Morgan fingerprint density at radius 3 is 2.20 bits per heavy atom. The molecule has 7 rings (SSSR count). The molecule has 0 aliphatic carbocycles. The van der Waals surface area contributed by atoms with Crippen LogP contribution in [0.2, 0.25) is 0 Å². The standard InChI is InChI=1S/C37H39N3O5/c1-4-24(2)29(23-41)40-32-35(44)39(28-17-16-25-12-8-9-13-26(25)22-28)21-11-19-37(32)31(34(40)43)30-33(42)38(27-14-6-5-7-15-27)20-10-18-36(30,3)45-37/h5-19,22,24,29-32,41H,4,20-21,23H2,1-3H3/t24-,29-,30+,31-,32?,36-,37-/m0/s1. The molecule has 2 saturated heterocycles. The monoisotopic (exact) mass is 605 g/mol. The van der Waals surface area contributed by atoms with Crippen LogP contribution in [-0.4, -0.2) is 70.7 Å². The van der Waals surface area contributed by atoms with Crippen LogP contribution in [0.25, 0.3) is 10.8 Å². The lowest BCUT2D eigenvalue weighted by Crippen LogP contribution is -2.60. The number of anilines is 2. The van der Waals surface area contributed by atoms with Gasteiger partial charge in [0.05, 0.1) is 30.1 Å². The Hall–Kier alpha value is -4.27. The van der Waals surface area contributed by atoms with Crippen LogP contribution < -0.4 is 9.80 Å². The number of aliphatic hydroxyl groups excluding tert-OH is 1. The lowest BCUT2D eigenvalue weighted by molar-refractivity contribution is -0.149. The fourth-order valence-corrected chi connectivity index (χ4v) is 8.05. The highest BCUT2D eigenvalue weighted by atomic mass is 16.5. The number of benzene rings is 3. The van der Waals surface area contributed by atoms with E-state index in [1.807, 2.05) is 118 Å². The summed E-state index contributed by atoms with van der Waals surface area (Å²) in [4.78, 5) is 49.4. The first-order valence-corrected chi connectivity index (χ1v) is 15.9. The van der Waals surface area contributed by atoms with E-state index in [1.54, 1.807) is 14.7 Å². The van der Waals surface area contributed by atoms with Crippen LogP contribution >= 0.6 is 0 Å². The second-order valence-corrected chi connectivity index (χ2v) is 12.9. The van der Waals surface area contributed by atoms with E-state index >= 15 is 0 Å². The molecule has 4 heterocycles. The largest absolute Gasteiger partial charge is 0.394 e. The first-order chi connectivity index (χ1) is 21.7. The SMILES string of the molecule is CC[C@H](C)[C@H](CO)N1C(=O)[C@@H]2[C@@H]3C(=O)N(c4ccccc4)CC=C[C@]3(C)O[C@@]23C=CCN(c2ccc4ccccc4c2)C(=O)C13. The van der Waals surface area contributed by atoms with E-state index in [4.69, 9.17) is 4.74 Å². The van der Waals surface area contributed by atoms with Gasteiger partial charge in [-0.1, -0.05) is 93.1 Å². The van der Waals surface area contributed by atoms with E-state index in [0.717, 1.165) is 16.5 Å². The number of ether oxygens (including phenoxy) is 1. The molecule has 7 atom stereocenters. The minimum atomic E-state index is -1.40. The van der Waals surface area contributed by atoms with E-state index < -0.39 is 35.1 Å². The van der Waals surface area contributed by atoms with Gasteiger partial charge in [-0.15, -0.1) is 0 Å². The van der Waals surface area contributed by atoms with Crippen molar-refractivity contribution in [3.05, 3.63) is 97.1 Å². The van der Waals surface area contributed by atoms with Crippen LogP contribution in [0.5, 0.6) is 0 Å². The molecule has 8 nitrogen and oxygen atoms in total. The Morgan fingerprint density at radius 1 is 0.822 bits per heavy atom. The maximum absolute atomic E-state index is 15.0. The number of hydrogen-bond acceptors (Lipinski definition) is 5. The number of carbonyl (C=O) groups is 3. The molecule has 3 aromatic rings. The van der Waals surface area contributed by atoms with Crippen LogP contribution in [-0.2, 0) is 19.1 Å². The number of hydrogen-bond donors (Lipinski definition) is 1. The maximum Gasteiger partial charge on any atom is 0.253 e. The van der Waals surface area contributed by atoms with Gasteiger partial charge in [-0.05, 0) is 47.9 Å². The summed E-state index contributed by atoms with van der Waals surface area (Å²) < 4.78 is 7.00. The molecule has 1 N–H and O–H groups in total. The number of fused-ring (bicyclic) bond motifs is 3. The molecule has 0 aromatic heterocycles. The van der Waals surface area contributed by atoms with Crippen LogP contribution in [0.1, 0.15) is 27.2 Å². The number of amides is 3. The predicted molar refractivity (Wildman–Crippen MR) is 174 cm³/mol. The third kappa shape index (κ3) is 4.37. The Kier molecular flexibility index (Phi) is 7.17. The van der Waals surface area contributed by atoms with E-state index in [9.17, 15) is 19.5 Å². The number of aliphatic hydroxyl groups is 1. The van der Waals surface area contributed by atoms with Crippen molar-refractivity contribution in [2.24, 2.45) is 17.8 Å². The maximum atomic E-state index is 15.0. The third-order valence-electron chi connectivity index (χ3n) is 10.5. The van der Waals surface area contributed by atoms with Gasteiger partial charge < -0.3 is 24.5 Å². The topological polar surface area (TPSA) is 90.4 Å². The van der Waals surface area contributed by atoms with Gasteiger partial charge in [0.1, 0.15) is 11.6 Å². The van der Waals surface area contributed by atoms with E-state index in [-0.39, 0.29) is 36.8 Å². The molecule has 45 heavy (non-hydrogen) atoms. The summed E-state index contributed by atoms with van der Waals surface area (Å²) in [7, 11) is 0. The fraction of sp³-hybridized carbons (Fsp3) is 0.378. The molecule has 232 valence electrons. The molecule has 4 aliphatic rings. The van der Waals surface area contributed by atoms with Gasteiger partial charge in [0.25, 0.3) is 5.91 Å². The van der Waals surface area contributed by atoms with Crippen molar-refractivity contribution in [3.8, 4) is 0 Å². The third-order valence-corrected chi connectivity index (χ3v) is 10.5. The summed E-state index contributed by atoms with van der Waals surface area (Å²) in [6.45, 7) is 6.15. The molecule has 0 radical (unpaired) electrons. The van der Waals surface area contributed by atoms with Gasteiger partial charge in [-0.25, -0.2) is 0 Å². The van der Waals surface area contributed by atoms with Gasteiger partial charge in [0.15, 0.2) is 0 Å². The summed E-state index contributed by atoms with van der Waals surface area (Å²) in [5.74, 6) is -2.76. The first-order valence-electron chi connectivity index (χ1n) is 15.9. The highest BCUT2D eigenvalue weighted by molar-refractivity contribution is 6.08. The Balaban J connectivity index is 1.38. The van der Waals surface area contributed by atoms with Crippen molar-refractivity contribution in [2.75, 3.05) is 29.5 Å². The van der Waals surface area contributed by atoms with E-state index in [2.05, 4.69) is 0 Å². The van der Waals surface area contributed by atoms with Gasteiger partial charge in [-0.2, -0.15) is 0 Å². The minimum absolute atomic E-state index is 0.0964. The van der Waals surface area contributed by atoms with Crippen LogP contribution in [0.15, 0.2) is 97.1 Å². The number of nitrogens with zero attached hydrogens (tertiary/aromatic N) is 3. The van der Waals surface area contributed by atoms with Crippen LogP contribution in [0.3, 0.4) is 0 Å². The highest BCUT2D eigenvalue weighted by Gasteiger charge is 2.75. The summed E-state index contributed by atoms with van der Waals surface area (Å²) >= 11 is 0. The van der Waals surface area contributed by atoms with Crippen molar-refractivity contribution in [3.63, 3.8) is 0 Å². The second-order valence-electron chi connectivity index (χ2n) is 12.9. The molecule has 2 fully saturated rings. The van der Waals surface area contributed by atoms with Crippen molar-refractivity contribution in [1.82, 2.24) is 4.90 Å². The average Bonchev–Trinajstić information content (AvgIpc) is 3.32. The molecule has 4 aliphatic heterocycles. The Bertz CT molecular complexity index is 1720. The molecular weight excluding hydrogens is 566 g/mol. The van der Waals surface area contributed by atoms with Crippen molar-refractivity contribution >= 4 is 39.9 Å². The number of carbonyl (C=O) groups excluding carboxylic acids is 3. The molecule has 1 unspecified atom stereocenters. The summed E-state index contributed by atoms with van der Waals surface area (Å²) in [5.41, 5.74) is -1.08. The number of rotatable bonds is 6. The quantitative estimate of drug-likeness (QED) is 0.411. The smallest absolute Gasteiger partial charge is 0.253 e. The molecule has 3 aromatic carbocycles. The van der Waals surface area contributed by atoms with Crippen molar-refractivity contribution < 1.29 is 24.2 Å². The minimum Gasteiger partial charge on any atom is -0.394 e. The normalized spacial score (nSPS) is 30.6. The highest BCUT2D eigenvalue weighted by Crippen LogP contribution is 2.58. The summed E-state index contributed by atoms with van der Waals surface area (Å²) in [6.07, 6.45) is 8.26. The second kappa shape index (κ2) is 11.0. The predicted octanol–water partition coefficient (Wildman–Crippen LogP) is 4.72. The summed E-state index contributed by atoms with van der Waals surface area (Å²) in [6, 6.07) is 21.6. The van der Waals surface area contributed by atoms with Gasteiger partial charge in [-0.3, -0.25) is 14.4 Å². The zero-order valence-electron chi connectivity index (χ0n) is 25.9. The van der Waals surface area contributed by atoms with Gasteiger partial charge in [0.2, 0.25) is 11.8 Å². The number of likely N-dealkylation sites (tertiary alicyclic amines) is 1. The zero-order valence-corrected chi connectivity index (χ0v) is 25.9. The molecule has 0 bridgehead atoms. The number of para-hydroxylation sites is 1. The zero-order chi connectivity index (χ0) is 31.5. The first kappa shape index (κ1) is 29.4. The van der Waals surface area contributed by atoms with Crippen molar-refractivity contribution in [1.29, 1.82) is 0 Å². The Labute approximate surface area is 263 Å². The Morgan fingerprint density at radius 2 is 1.49 bits per heavy atom. The van der Waals surface area contributed by atoms with Gasteiger partial charge >= 0.3 is 0 Å². The molecule has 0 saturated carbocycles. The average molecular weight is 606 g/mol. The summed E-state index contributed by atoms with van der Waals surface area (Å²) in [5, 5.41) is 12.8. The molecule has 3 amide bonds.